The molecule has 2 fully saturated rings. The Kier molecular flexibility index (Phi) is 9.74. The molecule has 2 saturated heterocycles. The van der Waals surface area contributed by atoms with Gasteiger partial charge in [-0.3, -0.25) is 9.59 Å². The number of hydrogen-bond donors (Lipinski definition) is 4. The normalized spacial score (nSPS) is 20.3. The van der Waals surface area contributed by atoms with Gasteiger partial charge in [0.15, 0.2) is 5.65 Å². The van der Waals surface area contributed by atoms with Crippen LogP contribution in [0.3, 0.4) is 0 Å². The summed E-state index contributed by atoms with van der Waals surface area (Å²) in [6.07, 6.45) is 3.76. The van der Waals surface area contributed by atoms with Gasteiger partial charge in [-0.05, 0) is 26.2 Å². The first-order valence-electron chi connectivity index (χ1n) is 15.6. The first-order chi connectivity index (χ1) is 22.3. The van der Waals surface area contributed by atoms with Gasteiger partial charge in [-0.2, -0.15) is 16.9 Å². The fraction of sp³-hybridized carbons (Fsp3) is 0.394. The fourth-order valence-electron chi connectivity index (χ4n) is 6.09. The third-order valence-corrected chi connectivity index (χ3v) is 10.5. The Morgan fingerprint density at radius 1 is 0.957 bits per heavy atom. The highest BCUT2D eigenvalue weighted by molar-refractivity contribution is 8.00. The number of benzene rings is 2. The number of carbonyl (C=O) groups excluding carboxylic acids is 3. The van der Waals surface area contributed by atoms with Crippen molar-refractivity contribution in [2.75, 3.05) is 18.8 Å². The highest BCUT2D eigenvalue weighted by Crippen LogP contribution is 2.40. The Morgan fingerprint density at radius 2 is 1.63 bits per heavy atom. The van der Waals surface area contributed by atoms with E-state index < -0.39 is 0 Å². The molecule has 0 aliphatic carbocycles. The molecule has 3 atom stereocenters. The zero-order valence-electron chi connectivity index (χ0n) is 25.6. The smallest absolute Gasteiger partial charge is 0.315 e. The van der Waals surface area contributed by atoms with Crippen LogP contribution in [0.15, 0.2) is 60.7 Å². The molecule has 2 aliphatic rings. The number of nitrogens with one attached hydrogen (secondary N) is 4. The molecule has 6 rings (SSSR count). The number of carbonyl (C=O) groups is 3. The molecule has 4 aromatic rings. The molecule has 0 saturated carbocycles. The van der Waals surface area contributed by atoms with E-state index in [1.165, 1.54) is 4.68 Å². The second-order valence-corrected chi connectivity index (χ2v) is 13.5. The molecule has 0 spiro atoms. The summed E-state index contributed by atoms with van der Waals surface area (Å²) in [4.78, 5) is 37.0. The Morgan fingerprint density at radius 3 is 2.35 bits per heavy atom. The topological polar surface area (TPSA) is 143 Å². The fourth-order valence-corrected chi connectivity index (χ4v) is 8.12. The van der Waals surface area contributed by atoms with Gasteiger partial charge in [0.05, 0.1) is 22.0 Å². The minimum atomic E-state index is -0.227. The largest absolute Gasteiger partial charge is 0.356 e. The van der Waals surface area contributed by atoms with Crippen LogP contribution in [-0.4, -0.2) is 73.5 Å². The van der Waals surface area contributed by atoms with E-state index >= 15 is 0 Å². The van der Waals surface area contributed by atoms with Gasteiger partial charge < -0.3 is 21.3 Å². The number of thioether (sulfide) groups is 1. The molecule has 0 radical (unpaired) electrons. The van der Waals surface area contributed by atoms with E-state index in [0.29, 0.717) is 58.6 Å². The average Bonchev–Trinajstić information content (AvgIpc) is 3.68. The van der Waals surface area contributed by atoms with Gasteiger partial charge >= 0.3 is 6.03 Å². The highest BCUT2D eigenvalue weighted by Gasteiger charge is 2.51. The molecular formula is C33H37ClN8O3S. The summed E-state index contributed by atoms with van der Waals surface area (Å²) in [6, 6.07) is 19.3. The molecule has 4 N–H and O–H groups in total. The highest BCUT2D eigenvalue weighted by atomic mass is 35.5. The third-order valence-electron chi connectivity index (χ3n) is 8.47. The van der Waals surface area contributed by atoms with Crippen LogP contribution in [0, 0.1) is 0 Å². The Labute approximate surface area is 276 Å². The first kappa shape index (κ1) is 31.8. The van der Waals surface area contributed by atoms with E-state index in [1.807, 2.05) is 72.4 Å². The number of aromatic nitrogens is 4. The maximum absolute atomic E-state index is 12.9. The van der Waals surface area contributed by atoms with Crippen LogP contribution >= 0.6 is 23.4 Å². The molecule has 240 valence electrons. The van der Waals surface area contributed by atoms with E-state index in [0.717, 1.165) is 36.1 Å². The van der Waals surface area contributed by atoms with Crippen molar-refractivity contribution in [1.82, 2.24) is 41.2 Å². The van der Waals surface area contributed by atoms with Crippen molar-refractivity contribution in [2.24, 2.45) is 0 Å². The zero-order valence-corrected chi connectivity index (χ0v) is 27.2. The van der Waals surface area contributed by atoms with Crippen LogP contribution in [-0.2, 0) is 16.1 Å². The number of nitrogens with zero attached hydrogens (tertiary/aromatic N) is 4. The molecule has 2 aromatic carbocycles. The van der Waals surface area contributed by atoms with Crippen molar-refractivity contribution in [3.05, 3.63) is 65.7 Å². The van der Waals surface area contributed by atoms with Crippen LogP contribution in [0.25, 0.3) is 33.5 Å². The van der Waals surface area contributed by atoms with Gasteiger partial charge in [0, 0.05) is 41.6 Å². The lowest BCUT2D eigenvalue weighted by molar-refractivity contribution is -0.121. The quantitative estimate of drug-likeness (QED) is 0.122. The van der Waals surface area contributed by atoms with Gasteiger partial charge in [0.25, 0.3) is 0 Å². The van der Waals surface area contributed by atoms with Crippen molar-refractivity contribution in [1.29, 1.82) is 0 Å². The van der Waals surface area contributed by atoms with E-state index in [2.05, 4.69) is 38.4 Å². The molecular weight excluding hydrogens is 624 g/mol. The number of hydrogen-bond acceptors (Lipinski definition) is 7. The van der Waals surface area contributed by atoms with E-state index in [1.54, 1.807) is 0 Å². The average molecular weight is 661 g/mol. The van der Waals surface area contributed by atoms with Crippen LogP contribution in [0.1, 0.15) is 39.0 Å². The number of fused-ring (bicyclic) bond motifs is 2. The van der Waals surface area contributed by atoms with Crippen molar-refractivity contribution in [3.63, 3.8) is 0 Å². The standard InChI is InChI=1S/C33H37ClN8O3S/c1-33-20-46-23(30(33)37-32(45)38-33)15-8-9-16-24(43)35-17-10-18-36-25(44)19-42-31-26(28(41-42)21-11-4-2-5-12-21)27(34)29(39-40-31)22-13-6-3-7-14-22/h2-7,11-14,23,30H,8-10,15-20H2,1H3,(H,35,43)(H,36,44)(H2,37,38,45)/t23-,30+,33-/m0/s1. The van der Waals surface area contributed by atoms with Crippen molar-refractivity contribution < 1.29 is 14.4 Å². The van der Waals surface area contributed by atoms with Crippen LogP contribution in [0.5, 0.6) is 0 Å². The van der Waals surface area contributed by atoms with Crippen molar-refractivity contribution >= 4 is 52.2 Å². The summed E-state index contributed by atoms with van der Waals surface area (Å²) in [5, 5.41) is 26.9. The molecule has 0 unspecified atom stereocenters. The van der Waals surface area contributed by atoms with E-state index in [-0.39, 0.29) is 36.0 Å². The Bertz CT molecular complexity index is 1720. The SMILES string of the molecule is C[C@]12CS[C@@H](CCCCC(=O)NCCCNC(=O)Cn3nc(-c4ccccc4)c4c(Cl)c(-c5ccccc5)nnc43)[C@H]1NC(=O)N2. The van der Waals surface area contributed by atoms with Gasteiger partial charge in [-0.25, -0.2) is 9.48 Å². The molecule has 13 heteroatoms. The third kappa shape index (κ3) is 6.97. The lowest BCUT2D eigenvalue weighted by Gasteiger charge is -2.23. The lowest BCUT2D eigenvalue weighted by Crippen LogP contribution is -2.47. The molecule has 0 bridgehead atoms. The number of halogens is 1. The molecule has 2 aromatic heterocycles. The molecule has 4 amide bonds. The van der Waals surface area contributed by atoms with Crippen molar-refractivity contribution in [2.45, 2.75) is 62.4 Å². The summed E-state index contributed by atoms with van der Waals surface area (Å²) in [6.45, 7) is 2.92. The molecule has 46 heavy (non-hydrogen) atoms. The minimum absolute atomic E-state index is 0.00727. The van der Waals surface area contributed by atoms with Crippen LogP contribution in [0.2, 0.25) is 5.02 Å². The molecule has 4 heterocycles. The van der Waals surface area contributed by atoms with Gasteiger partial charge in [0.1, 0.15) is 17.9 Å². The molecule has 2 aliphatic heterocycles. The maximum atomic E-state index is 12.9. The lowest BCUT2D eigenvalue weighted by atomic mass is 9.92. The number of rotatable bonds is 13. The van der Waals surface area contributed by atoms with Crippen LogP contribution in [0.4, 0.5) is 4.79 Å². The molecule has 11 nitrogen and oxygen atoms in total. The second kappa shape index (κ2) is 14.1. The summed E-state index contributed by atoms with van der Waals surface area (Å²) in [7, 11) is 0. The maximum Gasteiger partial charge on any atom is 0.315 e. The van der Waals surface area contributed by atoms with E-state index in [4.69, 9.17) is 16.7 Å². The van der Waals surface area contributed by atoms with Crippen molar-refractivity contribution in [3.8, 4) is 22.5 Å². The number of unbranched alkanes of at least 4 members (excludes halogenated alkanes) is 1. The first-order valence-corrected chi connectivity index (χ1v) is 17.0. The summed E-state index contributed by atoms with van der Waals surface area (Å²) in [5.41, 5.74) is 3.13. The van der Waals surface area contributed by atoms with Gasteiger partial charge in [0.2, 0.25) is 11.8 Å². The predicted molar refractivity (Wildman–Crippen MR) is 180 cm³/mol. The van der Waals surface area contributed by atoms with E-state index in [9.17, 15) is 14.4 Å². The Hall–Kier alpha value is -4.16. The van der Waals surface area contributed by atoms with Gasteiger partial charge in [-0.15, -0.1) is 10.2 Å². The minimum Gasteiger partial charge on any atom is -0.356 e. The summed E-state index contributed by atoms with van der Waals surface area (Å²) < 4.78 is 1.53. The number of urea groups is 1. The predicted octanol–water partition coefficient (Wildman–Crippen LogP) is 4.55. The van der Waals surface area contributed by atoms with Gasteiger partial charge in [-0.1, -0.05) is 78.7 Å². The monoisotopic (exact) mass is 660 g/mol. The summed E-state index contributed by atoms with van der Waals surface area (Å²) >= 11 is 8.80. The number of amides is 4. The Balaban J connectivity index is 0.969. The van der Waals surface area contributed by atoms with Crippen LogP contribution < -0.4 is 21.3 Å². The summed E-state index contributed by atoms with van der Waals surface area (Å²) in [5.74, 6) is 0.687. The zero-order chi connectivity index (χ0) is 32.1. The second-order valence-electron chi connectivity index (χ2n) is 11.9.